The molecule has 0 radical (unpaired) electrons. The van der Waals surface area contributed by atoms with Crippen molar-refractivity contribution in [2.24, 2.45) is 0 Å². The second kappa shape index (κ2) is 5.93. The van der Waals surface area contributed by atoms with E-state index in [1.165, 1.54) is 11.1 Å². The molecular weight excluding hydrogens is 330 g/mol. The maximum absolute atomic E-state index is 13.3. The van der Waals surface area contributed by atoms with E-state index >= 15 is 0 Å². The highest BCUT2D eigenvalue weighted by atomic mass is 32.2. The Balaban J connectivity index is 1.87. The predicted octanol–water partition coefficient (Wildman–Crippen LogP) is 4.36. The van der Waals surface area contributed by atoms with Crippen LogP contribution in [0, 0.1) is 0 Å². The Morgan fingerprint density at radius 3 is 2.64 bits per heavy atom. The third-order valence-electron chi connectivity index (χ3n) is 5.30. The lowest BCUT2D eigenvalue weighted by molar-refractivity contribution is 0.587. The lowest BCUT2D eigenvalue weighted by atomic mass is 9.91. The van der Waals surface area contributed by atoms with Crippen LogP contribution in [0.1, 0.15) is 26.3 Å². The number of H-pyrrole nitrogens is 1. The molecule has 3 aromatic rings. The number of imidazole rings is 1. The number of para-hydroxylation sites is 3. The number of likely N-dealkylation sites (N-methyl/N-ethyl adjacent to an activating group) is 1. The van der Waals surface area contributed by atoms with Gasteiger partial charge in [-0.15, -0.1) is 0 Å². The SMILES string of the molecule is CC1=C(C)C(C)N(C)c2c1cccc2[S+]([O-])c1nc2ccccc2[nH]1. The van der Waals surface area contributed by atoms with Crippen LogP contribution in [0.15, 0.2) is 58.1 Å². The molecule has 2 aromatic carbocycles. The van der Waals surface area contributed by atoms with Crippen LogP contribution in [-0.2, 0) is 11.2 Å². The Labute approximate surface area is 150 Å². The highest BCUT2D eigenvalue weighted by Crippen LogP contribution is 2.42. The van der Waals surface area contributed by atoms with Crippen LogP contribution < -0.4 is 4.90 Å². The van der Waals surface area contributed by atoms with Crippen molar-refractivity contribution < 1.29 is 4.55 Å². The van der Waals surface area contributed by atoms with E-state index in [4.69, 9.17) is 0 Å². The predicted molar refractivity (Wildman–Crippen MR) is 103 cm³/mol. The first-order valence-electron chi connectivity index (χ1n) is 8.39. The standard InChI is InChI=1S/C20H21N3OS/c1-12-13(2)15-8-7-11-18(19(15)23(4)14(12)3)25(24)20-21-16-9-5-6-10-17(16)22-20/h5-11,14H,1-4H3,(H,21,22). The van der Waals surface area contributed by atoms with Gasteiger partial charge in [-0.2, -0.15) is 4.98 Å². The minimum absolute atomic E-state index is 0.279. The number of nitrogens with zero attached hydrogens (tertiary/aromatic N) is 2. The van der Waals surface area contributed by atoms with Gasteiger partial charge in [0, 0.05) is 18.7 Å². The summed E-state index contributed by atoms with van der Waals surface area (Å²) in [5.74, 6) is 0. The molecule has 0 fully saturated rings. The molecule has 2 heterocycles. The molecule has 1 aliphatic rings. The summed E-state index contributed by atoms with van der Waals surface area (Å²) >= 11 is -1.36. The Hall–Kier alpha value is -2.24. The highest BCUT2D eigenvalue weighted by molar-refractivity contribution is 7.91. The summed E-state index contributed by atoms with van der Waals surface area (Å²) in [6, 6.07) is 14.1. The van der Waals surface area contributed by atoms with Crippen LogP contribution in [-0.4, -0.2) is 27.6 Å². The van der Waals surface area contributed by atoms with Crippen LogP contribution in [0.25, 0.3) is 16.6 Å². The average molecular weight is 351 g/mol. The van der Waals surface area contributed by atoms with Gasteiger partial charge in [-0.25, -0.2) is 0 Å². The summed E-state index contributed by atoms with van der Waals surface area (Å²) in [5, 5.41) is 0.500. The highest BCUT2D eigenvalue weighted by Gasteiger charge is 2.32. The van der Waals surface area contributed by atoms with Crippen LogP contribution in [0.4, 0.5) is 5.69 Å². The van der Waals surface area contributed by atoms with Gasteiger partial charge in [-0.05, 0) is 50.1 Å². The third-order valence-corrected chi connectivity index (χ3v) is 6.57. The van der Waals surface area contributed by atoms with E-state index in [9.17, 15) is 4.55 Å². The number of hydrogen-bond donors (Lipinski definition) is 1. The third kappa shape index (κ3) is 2.46. The Kier molecular flexibility index (Phi) is 3.85. The van der Waals surface area contributed by atoms with E-state index in [1.54, 1.807) is 0 Å². The summed E-state index contributed by atoms with van der Waals surface area (Å²) in [6.07, 6.45) is 0. The molecule has 4 nitrogen and oxygen atoms in total. The molecular formula is C20H21N3OS. The minimum atomic E-state index is -1.36. The smallest absolute Gasteiger partial charge is 0.327 e. The summed E-state index contributed by atoms with van der Waals surface area (Å²) in [6.45, 7) is 6.50. The first-order valence-corrected chi connectivity index (χ1v) is 9.54. The van der Waals surface area contributed by atoms with Crippen molar-refractivity contribution in [3.63, 3.8) is 0 Å². The maximum atomic E-state index is 13.3. The molecule has 2 unspecified atom stereocenters. The molecule has 4 rings (SSSR count). The fraction of sp³-hybridized carbons (Fsp3) is 0.250. The average Bonchev–Trinajstić information content (AvgIpc) is 3.07. The molecule has 128 valence electrons. The Morgan fingerprint density at radius 1 is 1.12 bits per heavy atom. The van der Waals surface area contributed by atoms with Gasteiger partial charge < -0.3 is 9.45 Å². The summed E-state index contributed by atoms with van der Waals surface area (Å²) < 4.78 is 13.3. The second-order valence-corrected chi connectivity index (χ2v) is 7.94. The van der Waals surface area contributed by atoms with Gasteiger partial charge >= 0.3 is 5.16 Å². The van der Waals surface area contributed by atoms with Gasteiger partial charge in [0.15, 0.2) is 4.90 Å². The number of fused-ring (bicyclic) bond motifs is 2. The van der Waals surface area contributed by atoms with E-state index in [2.05, 4.69) is 48.8 Å². The number of rotatable bonds is 2. The minimum Gasteiger partial charge on any atom is -0.604 e. The molecule has 0 aliphatic carbocycles. The van der Waals surface area contributed by atoms with Gasteiger partial charge in [0.05, 0.1) is 22.2 Å². The largest absolute Gasteiger partial charge is 0.604 e. The number of hydrogen-bond acceptors (Lipinski definition) is 3. The molecule has 5 heteroatoms. The summed E-state index contributed by atoms with van der Waals surface area (Å²) in [7, 11) is 2.07. The zero-order valence-electron chi connectivity index (χ0n) is 14.8. The lowest BCUT2D eigenvalue weighted by Crippen LogP contribution is -2.35. The number of allylic oxidation sites excluding steroid dienone is 1. The molecule has 0 bridgehead atoms. The molecule has 0 spiro atoms. The molecule has 1 N–H and O–H groups in total. The fourth-order valence-electron chi connectivity index (χ4n) is 3.47. The topological polar surface area (TPSA) is 55.0 Å². The molecule has 1 aromatic heterocycles. The van der Waals surface area contributed by atoms with Crippen LogP contribution >= 0.6 is 0 Å². The zero-order chi connectivity index (χ0) is 17.7. The van der Waals surface area contributed by atoms with Crippen molar-refractivity contribution in [1.29, 1.82) is 0 Å². The quantitative estimate of drug-likeness (QED) is 0.698. The molecule has 0 saturated heterocycles. The van der Waals surface area contributed by atoms with Gasteiger partial charge in [0.2, 0.25) is 0 Å². The van der Waals surface area contributed by atoms with Crippen LogP contribution in [0.3, 0.4) is 0 Å². The zero-order valence-corrected chi connectivity index (χ0v) is 15.6. The molecule has 0 amide bonds. The van der Waals surface area contributed by atoms with Gasteiger partial charge in [0.1, 0.15) is 5.69 Å². The number of aromatic amines is 1. The van der Waals surface area contributed by atoms with Crippen molar-refractivity contribution >= 4 is 33.5 Å². The van der Waals surface area contributed by atoms with E-state index in [0.717, 1.165) is 27.2 Å². The first kappa shape index (κ1) is 16.2. The molecule has 0 saturated carbocycles. The Morgan fingerprint density at radius 2 is 1.88 bits per heavy atom. The lowest BCUT2D eigenvalue weighted by Gasteiger charge is -2.36. The van der Waals surface area contributed by atoms with Crippen molar-refractivity contribution in [2.75, 3.05) is 11.9 Å². The second-order valence-electron chi connectivity index (χ2n) is 6.58. The molecule has 1 aliphatic heterocycles. The molecule has 25 heavy (non-hydrogen) atoms. The van der Waals surface area contributed by atoms with Crippen LogP contribution in [0.2, 0.25) is 0 Å². The van der Waals surface area contributed by atoms with Gasteiger partial charge in [-0.1, -0.05) is 24.3 Å². The molecule has 2 atom stereocenters. The van der Waals surface area contributed by atoms with Gasteiger partial charge in [-0.3, -0.25) is 4.98 Å². The monoisotopic (exact) mass is 351 g/mol. The van der Waals surface area contributed by atoms with Gasteiger partial charge in [0.25, 0.3) is 0 Å². The van der Waals surface area contributed by atoms with E-state index in [1.807, 2.05) is 36.4 Å². The number of benzene rings is 2. The maximum Gasteiger partial charge on any atom is 0.327 e. The van der Waals surface area contributed by atoms with E-state index in [-0.39, 0.29) is 6.04 Å². The van der Waals surface area contributed by atoms with E-state index in [0.29, 0.717) is 5.16 Å². The first-order chi connectivity index (χ1) is 12.0. The number of aromatic nitrogens is 2. The van der Waals surface area contributed by atoms with Crippen molar-refractivity contribution in [3.05, 3.63) is 53.6 Å². The van der Waals surface area contributed by atoms with Crippen molar-refractivity contribution in [1.82, 2.24) is 9.97 Å². The van der Waals surface area contributed by atoms with Crippen LogP contribution in [0.5, 0.6) is 0 Å². The van der Waals surface area contributed by atoms with E-state index < -0.39 is 11.2 Å². The van der Waals surface area contributed by atoms with Crippen molar-refractivity contribution in [3.8, 4) is 0 Å². The van der Waals surface area contributed by atoms with Crippen molar-refractivity contribution in [2.45, 2.75) is 36.9 Å². The number of anilines is 1. The normalized spacial score (nSPS) is 18.6. The number of nitrogens with one attached hydrogen (secondary N) is 1. The summed E-state index contributed by atoms with van der Waals surface area (Å²) in [4.78, 5) is 10.8. The summed E-state index contributed by atoms with van der Waals surface area (Å²) in [5.41, 5.74) is 6.55. The Bertz CT molecular complexity index is 959. The fourth-order valence-corrected chi connectivity index (χ4v) is 4.69.